The maximum atomic E-state index is 12.4. The van der Waals surface area contributed by atoms with Crippen molar-refractivity contribution < 1.29 is 18.7 Å². The molecule has 15 heavy (non-hydrogen) atoms. The first kappa shape index (κ1) is 12.1. The highest BCUT2D eigenvalue weighted by molar-refractivity contribution is 14.1. The van der Waals surface area contributed by atoms with E-state index >= 15 is 0 Å². The lowest BCUT2D eigenvalue weighted by Gasteiger charge is -2.08. The van der Waals surface area contributed by atoms with E-state index in [0.29, 0.717) is 0 Å². The van der Waals surface area contributed by atoms with Gasteiger partial charge in [-0.25, -0.2) is 8.78 Å². The summed E-state index contributed by atoms with van der Waals surface area (Å²) in [7, 11) is 0. The number of anilines is 1. The molecule has 0 atom stereocenters. The number of aromatic nitrogens is 1. The van der Waals surface area contributed by atoms with Crippen molar-refractivity contribution in [2.75, 3.05) is 5.73 Å². The Hall–Kier alpha value is -0.990. The molecule has 82 valence electrons. The van der Waals surface area contributed by atoms with Gasteiger partial charge in [0.25, 0.3) is 6.43 Å². The van der Waals surface area contributed by atoms with Crippen LogP contribution >= 0.6 is 22.6 Å². The molecule has 0 aliphatic carbocycles. The van der Waals surface area contributed by atoms with Gasteiger partial charge in [0.15, 0.2) is 0 Å². The zero-order valence-corrected chi connectivity index (χ0v) is 9.53. The summed E-state index contributed by atoms with van der Waals surface area (Å²) in [6.45, 7) is 0. The van der Waals surface area contributed by atoms with E-state index in [9.17, 15) is 13.6 Å². The van der Waals surface area contributed by atoms with Crippen molar-refractivity contribution in [1.29, 1.82) is 0 Å². The molecule has 0 bridgehead atoms. The van der Waals surface area contributed by atoms with E-state index in [-0.39, 0.29) is 21.2 Å². The van der Waals surface area contributed by atoms with Gasteiger partial charge >= 0.3 is 5.97 Å². The average Bonchev–Trinajstić information content (AvgIpc) is 2.12. The average molecular weight is 328 g/mol. The number of hydrogen-bond donors (Lipinski definition) is 2. The van der Waals surface area contributed by atoms with Crippen LogP contribution in [-0.4, -0.2) is 16.1 Å². The number of carboxylic acids is 1. The second-order valence-corrected chi connectivity index (χ2v) is 3.85. The Morgan fingerprint density at radius 3 is 2.73 bits per heavy atom. The Balaban J connectivity index is 3.15. The van der Waals surface area contributed by atoms with Crippen LogP contribution in [-0.2, 0) is 11.2 Å². The van der Waals surface area contributed by atoms with E-state index in [1.165, 1.54) is 0 Å². The third-order valence-electron chi connectivity index (χ3n) is 1.72. The number of halogens is 3. The van der Waals surface area contributed by atoms with Gasteiger partial charge in [-0.05, 0) is 22.6 Å². The molecule has 0 amide bonds. The molecule has 0 aliphatic heterocycles. The number of carboxylic acid groups (broad SMARTS) is 1. The van der Waals surface area contributed by atoms with Gasteiger partial charge in [-0.3, -0.25) is 9.78 Å². The highest BCUT2D eigenvalue weighted by Crippen LogP contribution is 2.28. The van der Waals surface area contributed by atoms with Crippen LogP contribution in [0.2, 0.25) is 0 Å². The minimum absolute atomic E-state index is 0.0586. The smallest absolute Gasteiger partial charge is 0.307 e. The first-order chi connectivity index (χ1) is 6.93. The van der Waals surface area contributed by atoms with E-state index in [0.717, 1.165) is 6.20 Å². The Labute approximate surface area is 97.6 Å². The second-order valence-electron chi connectivity index (χ2n) is 2.77. The Bertz CT molecular complexity index is 398. The predicted octanol–water partition coefficient (Wildman–Crippen LogP) is 1.83. The number of nitrogens with zero attached hydrogens (tertiary/aromatic N) is 1. The number of nitrogen functional groups attached to an aromatic ring is 1. The normalized spacial score (nSPS) is 10.7. The summed E-state index contributed by atoms with van der Waals surface area (Å²) in [6.07, 6.45) is -1.95. The summed E-state index contributed by atoms with van der Waals surface area (Å²) in [4.78, 5) is 13.9. The fourth-order valence-electron chi connectivity index (χ4n) is 1.01. The number of alkyl halides is 2. The van der Waals surface area contributed by atoms with Crippen LogP contribution in [0, 0.1) is 3.57 Å². The first-order valence-electron chi connectivity index (χ1n) is 3.86. The summed E-state index contributed by atoms with van der Waals surface area (Å²) < 4.78 is 24.8. The third-order valence-corrected chi connectivity index (χ3v) is 2.85. The van der Waals surface area contributed by atoms with Crippen LogP contribution in [0.15, 0.2) is 6.20 Å². The Morgan fingerprint density at radius 1 is 1.67 bits per heavy atom. The summed E-state index contributed by atoms with van der Waals surface area (Å²) in [5, 5.41) is 8.53. The molecule has 3 N–H and O–H groups in total. The molecule has 0 saturated heterocycles. The van der Waals surface area contributed by atoms with Crippen LogP contribution in [0.25, 0.3) is 0 Å². The topological polar surface area (TPSA) is 76.2 Å². The van der Waals surface area contributed by atoms with Crippen molar-refractivity contribution in [3.05, 3.63) is 21.0 Å². The van der Waals surface area contributed by atoms with Gasteiger partial charge in [0.05, 0.1) is 15.7 Å². The molecule has 0 aromatic carbocycles. The molecule has 0 unspecified atom stereocenters. The highest BCUT2D eigenvalue weighted by atomic mass is 127. The van der Waals surface area contributed by atoms with E-state index in [4.69, 9.17) is 10.8 Å². The molecule has 4 nitrogen and oxygen atoms in total. The van der Waals surface area contributed by atoms with Crippen LogP contribution in [0.4, 0.5) is 14.5 Å². The van der Waals surface area contributed by atoms with Gasteiger partial charge < -0.3 is 10.8 Å². The summed E-state index contributed by atoms with van der Waals surface area (Å²) in [5.74, 6) is -1.08. The summed E-state index contributed by atoms with van der Waals surface area (Å²) in [5.41, 5.74) is 5.42. The number of pyridine rings is 1. The summed E-state index contributed by atoms with van der Waals surface area (Å²) >= 11 is 1.63. The number of hydrogen-bond acceptors (Lipinski definition) is 3. The van der Waals surface area contributed by atoms with E-state index in [2.05, 4.69) is 4.98 Å². The highest BCUT2D eigenvalue weighted by Gasteiger charge is 2.18. The molecular formula is C8H7F2IN2O2. The van der Waals surface area contributed by atoms with Gasteiger partial charge in [0.2, 0.25) is 0 Å². The molecule has 1 rings (SSSR count). The third kappa shape index (κ3) is 2.74. The van der Waals surface area contributed by atoms with Crippen molar-refractivity contribution in [2.45, 2.75) is 12.8 Å². The van der Waals surface area contributed by atoms with Gasteiger partial charge in [0, 0.05) is 11.8 Å². The molecule has 1 heterocycles. The maximum absolute atomic E-state index is 12.4. The molecule has 0 aliphatic rings. The molecule has 1 aromatic rings. The monoisotopic (exact) mass is 328 g/mol. The van der Waals surface area contributed by atoms with Crippen molar-refractivity contribution >= 4 is 34.2 Å². The zero-order valence-electron chi connectivity index (χ0n) is 7.38. The van der Waals surface area contributed by atoms with Gasteiger partial charge in [-0.2, -0.15) is 0 Å². The SMILES string of the molecule is Nc1c(CC(=O)O)cnc(C(F)F)c1I. The molecule has 7 heteroatoms. The number of nitrogens with two attached hydrogens (primary N) is 1. The van der Waals surface area contributed by atoms with Crippen LogP contribution in [0.5, 0.6) is 0 Å². The van der Waals surface area contributed by atoms with Crippen molar-refractivity contribution in [3.8, 4) is 0 Å². The largest absolute Gasteiger partial charge is 0.481 e. The maximum Gasteiger partial charge on any atom is 0.307 e. The van der Waals surface area contributed by atoms with E-state index in [1.54, 1.807) is 22.6 Å². The van der Waals surface area contributed by atoms with Crippen molar-refractivity contribution in [2.24, 2.45) is 0 Å². The van der Waals surface area contributed by atoms with E-state index in [1.807, 2.05) is 0 Å². The van der Waals surface area contributed by atoms with Gasteiger partial charge in [-0.1, -0.05) is 0 Å². The number of rotatable bonds is 3. The fraction of sp³-hybridized carbons (Fsp3) is 0.250. The Kier molecular flexibility index (Phi) is 3.77. The molecular weight excluding hydrogens is 321 g/mol. The van der Waals surface area contributed by atoms with Gasteiger partial charge in [0.1, 0.15) is 5.69 Å². The quantitative estimate of drug-likeness (QED) is 0.830. The minimum Gasteiger partial charge on any atom is -0.481 e. The van der Waals surface area contributed by atoms with E-state index < -0.39 is 18.1 Å². The number of carbonyl (C=O) groups is 1. The number of aliphatic carboxylic acids is 1. The molecule has 0 saturated carbocycles. The van der Waals surface area contributed by atoms with Crippen LogP contribution < -0.4 is 5.73 Å². The summed E-state index contributed by atoms with van der Waals surface area (Å²) in [6, 6.07) is 0. The second kappa shape index (κ2) is 4.69. The fourth-order valence-corrected chi connectivity index (χ4v) is 1.73. The standard InChI is InChI=1S/C8H7F2IN2O2/c9-8(10)7-5(11)6(12)3(2-13-7)1-4(14)15/h2,8H,1H2,(H2,12,13)(H,14,15). The first-order valence-corrected chi connectivity index (χ1v) is 4.94. The van der Waals surface area contributed by atoms with Crippen LogP contribution in [0.1, 0.15) is 17.7 Å². The minimum atomic E-state index is -2.71. The lowest BCUT2D eigenvalue weighted by Crippen LogP contribution is -2.08. The zero-order chi connectivity index (χ0) is 11.6. The molecule has 0 radical (unpaired) electrons. The molecule has 1 aromatic heterocycles. The van der Waals surface area contributed by atoms with Gasteiger partial charge in [-0.15, -0.1) is 0 Å². The predicted molar refractivity (Wildman–Crippen MR) is 57.7 cm³/mol. The van der Waals surface area contributed by atoms with Crippen molar-refractivity contribution in [3.63, 3.8) is 0 Å². The lowest BCUT2D eigenvalue weighted by molar-refractivity contribution is -0.136. The molecule has 0 fully saturated rings. The Morgan fingerprint density at radius 2 is 2.27 bits per heavy atom. The lowest BCUT2D eigenvalue weighted by atomic mass is 10.1. The van der Waals surface area contributed by atoms with Crippen LogP contribution in [0.3, 0.4) is 0 Å². The van der Waals surface area contributed by atoms with Crippen molar-refractivity contribution in [1.82, 2.24) is 4.98 Å². The molecule has 0 spiro atoms.